The molecule has 0 aliphatic rings. The van der Waals surface area contributed by atoms with E-state index in [-0.39, 0.29) is 5.82 Å². The van der Waals surface area contributed by atoms with Crippen molar-refractivity contribution in [2.75, 3.05) is 13.7 Å². The van der Waals surface area contributed by atoms with Crippen LogP contribution in [0.5, 0.6) is 5.75 Å². The minimum Gasteiger partial charge on any atom is -0.494 e. The van der Waals surface area contributed by atoms with Crippen molar-refractivity contribution in [1.29, 1.82) is 0 Å². The highest BCUT2D eigenvalue weighted by Gasteiger charge is 2.18. The summed E-state index contributed by atoms with van der Waals surface area (Å²) in [4.78, 5) is 0. The van der Waals surface area contributed by atoms with E-state index in [1.54, 1.807) is 6.07 Å². The van der Waals surface area contributed by atoms with E-state index >= 15 is 0 Å². The van der Waals surface area contributed by atoms with Crippen LogP contribution in [-0.2, 0) is 6.42 Å². The monoisotopic (exact) mass is 267 g/mol. The summed E-state index contributed by atoms with van der Waals surface area (Å²) in [5.74, 6) is 0.629. The number of hydrogen-bond acceptors (Lipinski definition) is 2. The Hall–Kier alpha value is -1.09. The first-order chi connectivity index (χ1) is 9.13. The van der Waals surface area contributed by atoms with Gasteiger partial charge in [0.05, 0.1) is 7.11 Å². The molecule has 0 saturated carbocycles. The number of benzene rings is 1. The molecule has 0 heterocycles. The van der Waals surface area contributed by atoms with Crippen LogP contribution in [0.3, 0.4) is 0 Å². The summed E-state index contributed by atoms with van der Waals surface area (Å²) < 4.78 is 19.2. The van der Waals surface area contributed by atoms with Gasteiger partial charge in [-0.25, -0.2) is 4.39 Å². The maximum absolute atomic E-state index is 14.2. The molecule has 2 nitrogen and oxygen atoms in total. The normalized spacial score (nSPS) is 14.2. The van der Waals surface area contributed by atoms with Crippen molar-refractivity contribution in [2.24, 2.45) is 5.92 Å². The summed E-state index contributed by atoms with van der Waals surface area (Å²) in [7, 11) is 1.50. The fourth-order valence-corrected chi connectivity index (χ4v) is 2.20. The van der Waals surface area contributed by atoms with Gasteiger partial charge in [-0.2, -0.15) is 0 Å². The van der Waals surface area contributed by atoms with Crippen molar-refractivity contribution in [3.8, 4) is 5.75 Å². The van der Waals surface area contributed by atoms with E-state index in [1.807, 2.05) is 12.1 Å². The molecule has 3 heteroatoms. The smallest absolute Gasteiger partial charge is 0.168 e. The van der Waals surface area contributed by atoms with Gasteiger partial charge >= 0.3 is 0 Å². The van der Waals surface area contributed by atoms with E-state index in [0.29, 0.717) is 24.1 Å². The van der Waals surface area contributed by atoms with Gasteiger partial charge in [0.25, 0.3) is 0 Å². The summed E-state index contributed by atoms with van der Waals surface area (Å²) in [6, 6.07) is 5.67. The van der Waals surface area contributed by atoms with Gasteiger partial charge < -0.3 is 10.1 Å². The van der Waals surface area contributed by atoms with Crippen LogP contribution >= 0.6 is 0 Å². The summed E-state index contributed by atoms with van der Waals surface area (Å²) in [6.07, 6.45) is 2.89. The van der Waals surface area contributed by atoms with Gasteiger partial charge in [-0.05, 0) is 36.9 Å². The molecule has 0 radical (unpaired) electrons. The molecular formula is C16H26FNO. The van der Waals surface area contributed by atoms with Gasteiger partial charge in [0.2, 0.25) is 0 Å². The first-order valence-corrected chi connectivity index (χ1v) is 7.18. The highest BCUT2D eigenvalue weighted by Crippen LogP contribution is 2.23. The van der Waals surface area contributed by atoms with Gasteiger partial charge in [0.1, 0.15) is 0 Å². The van der Waals surface area contributed by atoms with Crippen LogP contribution in [-0.4, -0.2) is 19.7 Å². The second-order valence-electron chi connectivity index (χ2n) is 5.08. The summed E-state index contributed by atoms with van der Waals surface area (Å²) in [5.41, 5.74) is 0.730. The second-order valence-corrected chi connectivity index (χ2v) is 5.08. The number of halogens is 1. The summed E-state index contributed by atoms with van der Waals surface area (Å²) in [6.45, 7) is 7.51. The molecular weight excluding hydrogens is 241 g/mol. The minimum atomic E-state index is -0.225. The van der Waals surface area contributed by atoms with Crippen molar-refractivity contribution in [2.45, 2.75) is 46.1 Å². The predicted molar refractivity (Wildman–Crippen MR) is 78.2 cm³/mol. The minimum absolute atomic E-state index is 0.225. The van der Waals surface area contributed by atoms with Crippen LogP contribution in [0.4, 0.5) is 4.39 Å². The fourth-order valence-electron chi connectivity index (χ4n) is 2.20. The molecule has 0 aromatic heterocycles. The molecule has 1 N–H and O–H groups in total. The molecule has 0 fully saturated rings. The Morgan fingerprint density at radius 1 is 1.32 bits per heavy atom. The van der Waals surface area contributed by atoms with E-state index in [2.05, 4.69) is 26.1 Å². The van der Waals surface area contributed by atoms with Crippen LogP contribution in [0.1, 0.15) is 39.2 Å². The van der Waals surface area contributed by atoms with Gasteiger partial charge in [-0.3, -0.25) is 0 Å². The zero-order valence-corrected chi connectivity index (χ0v) is 12.5. The Kier molecular flexibility index (Phi) is 6.85. The molecule has 1 aromatic carbocycles. The summed E-state index contributed by atoms with van der Waals surface area (Å²) >= 11 is 0. The zero-order chi connectivity index (χ0) is 14.3. The zero-order valence-electron chi connectivity index (χ0n) is 12.5. The molecule has 0 aliphatic heterocycles. The van der Waals surface area contributed by atoms with Gasteiger partial charge in [0.15, 0.2) is 11.6 Å². The summed E-state index contributed by atoms with van der Waals surface area (Å²) in [5, 5.41) is 3.53. The number of rotatable bonds is 8. The first kappa shape index (κ1) is 16.0. The molecule has 0 bridgehead atoms. The lowest BCUT2D eigenvalue weighted by Gasteiger charge is -2.25. The fraction of sp³-hybridized carbons (Fsp3) is 0.625. The van der Waals surface area contributed by atoms with Crippen LogP contribution in [0, 0.1) is 11.7 Å². The largest absolute Gasteiger partial charge is 0.494 e. The SMILES string of the molecule is CCCNC(Cc1cccc(OC)c1F)C(C)CC. The highest BCUT2D eigenvalue weighted by molar-refractivity contribution is 5.31. The standard InChI is InChI=1S/C16H26FNO/c1-5-10-18-14(12(3)6-2)11-13-8-7-9-15(19-4)16(13)17/h7-9,12,14,18H,5-6,10-11H2,1-4H3. The van der Waals surface area contributed by atoms with Crippen molar-refractivity contribution in [1.82, 2.24) is 5.32 Å². The van der Waals surface area contributed by atoms with Crippen LogP contribution in [0.2, 0.25) is 0 Å². The van der Waals surface area contributed by atoms with E-state index < -0.39 is 0 Å². The van der Waals surface area contributed by atoms with Gasteiger partial charge in [-0.15, -0.1) is 0 Å². The molecule has 0 aliphatic carbocycles. The number of ether oxygens (including phenoxy) is 1. The molecule has 108 valence electrons. The molecule has 0 spiro atoms. The van der Waals surface area contributed by atoms with E-state index in [1.165, 1.54) is 7.11 Å². The molecule has 1 aromatic rings. The average molecular weight is 267 g/mol. The maximum atomic E-state index is 14.2. The average Bonchev–Trinajstić information content (AvgIpc) is 2.44. The first-order valence-electron chi connectivity index (χ1n) is 7.18. The van der Waals surface area contributed by atoms with E-state index in [0.717, 1.165) is 24.9 Å². The Balaban J connectivity index is 2.83. The van der Waals surface area contributed by atoms with Crippen molar-refractivity contribution >= 4 is 0 Å². The van der Waals surface area contributed by atoms with Gasteiger partial charge in [-0.1, -0.05) is 39.3 Å². The third-order valence-corrected chi connectivity index (χ3v) is 3.69. The van der Waals surface area contributed by atoms with Crippen molar-refractivity contribution in [3.63, 3.8) is 0 Å². The Labute approximate surface area is 116 Å². The lowest BCUT2D eigenvalue weighted by atomic mass is 9.92. The van der Waals surface area contributed by atoms with Crippen LogP contribution in [0.15, 0.2) is 18.2 Å². The topological polar surface area (TPSA) is 21.3 Å². The number of hydrogen-bond donors (Lipinski definition) is 1. The lowest BCUT2D eigenvalue weighted by Crippen LogP contribution is -2.37. The molecule has 1 rings (SSSR count). The quantitative estimate of drug-likeness (QED) is 0.773. The number of nitrogens with one attached hydrogen (secondary N) is 1. The Bertz CT molecular complexity index is 381. The molecule has 2 unspecified atom stereocenters. The van der Waals surface area contributed by atoms with Crippen molar-refractivity contribution < 1.29 is 9.13 Å². The maximum Gasteiger partial charge on any atom is 0.168 e. The second kappa shape index (κ2) is 8.16. The predicted octanol–water partition coefficient (Wildman–Crippen LogP) is 3.79. The number of methoxy groups -OCH3 is 1. The highest BCUT2D eigenvalue weighted by atomic mass is 19.1. The molecule has 2 atom stereocenters. The molecule has 0 amide bonds. The third-order valence-electron chi connectivity index (χ3n) is 3.69. The van der Waals surface area contributed by atoms with Crippen LogP contribution < -0.4 is 10.1 Å². The lowest BCUT2D eigenvalue weighted by molar-refractivity contribution is 0.354. The van der Waals surface area contributed by atoms with Gasteiger partial charge in [0, 0.05) is 6.04 Å². The van der Waals surface area contributed by atoms with E-state index in [9.17, 15) is 4.39 Å². The molecule has 19 heavy (non-hydrogen) atoms. The molecule has 0 saturated heterocycles. The van der Waals surface area contributed by atoms with Crippen LogP contribution in [0.25, 0.3) is 0 Å². The van der Waals surface area contributed by atoms with Crippen molar-refractivity contribution in [3.05, 3.63) is 29.6 Å². The third kappa shape index (κ3) is 4.50. The Morgan fingerprint density at radius 3 is 2.63 bits per heavy atom. The van der Waals surface area contributed by atoms with E-state index in [4.69, 9.17) is 4.74 Å². The Morgan fingerprint density at radius 2 is 2.05 bits per heavy atom.